The van der Waals surface area contributed by atoms with Crippen LogP contribution in [0.25, 0.3) is 0 Å². The number of rotatable bonds is 4. The van der Waals surface area contributed by atoms with Gasteiger partial charge in [-0.2, -0.15) is 0 Å². The summed E-state index contributed by atoms with van der Waals surface area (Å²) in [4.78, 5) is 38.2. The van der Waals surface area contributed by atoms with Gasteiger partial charge in [0, 0.05) is 47.6 Å². The molecule has 1 aromatic heterocycles. The Morgan fingerprint density at radius 3 is 2.50 bits per heavy atom. The smallest absolute Gasteiger partial charge is 0.220 e. The normalized spacial score (nSPS) is 17.5. The molecular formula is C17H27N5O2. The Hall–Kier alpha value is -2.18. The summed E-state index contributed by atoms with van der Waals surface area (Å²) in [6.45, 7) is 4.31. The van der Waals surface area contributed by atoms with Crippen LogP contribution in [0.3, 0.4) is 0 Å². The van der Waals surface area contributed by atoms with E-state index in [0.29, 0.717) is 12.4 Å². The molecule has 0 aliphatic carbocycles. The highest BCUT2D eigenvalue weighted by molar-refractivity contribution is 5.74. The zero-order valence-electron chi connectivity index (χ0n) is 15.2. The number of anilines is 1. The summed E-state index contributed by atoms with van der Waals surface area (Å²) in [6, 6.07) is 1.81. The van der Waals surface area contributed by atoms with Crippen molar-refractivity contribution in [3.63, 3.8) is 0 Å². The van der Waals surface area contributed by atoms with E-state index in [-0.39, 0.29) is 17.9 Å². The first-order valence-electron chi connectivity index (χ1n) is 8.33. The Bertz CT molecular complexity index is 617. The predicted molar refractivity (Wildman–Crippen MR) is 92.5 cm³/mol. The third-order valence-corrected chi connectivity index (χ3v) is 4.38. The molecular weight excluding hydrogens is 306 g/mol. The van der Waals surface area contributed by atoms with Crippen molar-refractivity contribution < 1.29 is 9.59 Å². The molecule has 1 saturated heterocycles. The number of carbonyl (C=O) groups is 2. The quantitative estimate of drug-likeness (QED) is 0.837. The molecule has 1 aliphatic heterocycles. The van der Waals surface area contributed by atoms with Crippen LogP contribution >= 0.6 is 0 Å². The molecule has 7 heteroatoms. The molecule has 2 heterocycles. The van der Waals surface area contributed by atoms with Gasteiger partial charge in [0.05, 0.1) is 18.3 Å². The average molecular weight is 333 g/mol. The van der Waals surface area contributed by atoms with E-state index in [9.17, 15) is 9.59 Å². The molecule has 0 bridgehead atoms. The van der Waals surface area contributed by atoms with E-state index in [2.05, 4.69) is 9.97 Å². The number of aromatic nitrogens is 2. The van der Waals surface area contributed by atoms with Gasteiger partial charge in [0.25, 0.3) is 0 Å². The lowest BCUT2D eigenvalue weighted by molar-refractivity contribution is -0.132. The van der Waals surface area contributed by atoms with Crippen molar-refractivity contribution in [1.29, 1.82) is 0 Å². The zero-order valence-corrected chi connectivity index (χ0v) is 15.2. The number of amides is 2. The predicted octanol–water partition coefficient (Wildman–Crippen LogP) is 1.59. The van der Waals surface area contributed by atoms with E-state index in [1.165, 1.54) is 6.92 Å². The van der Waals surface area contributed by atoms with Crippen LogP contribution in [-0.4, -0.2) is 59.3 Å². The highest BCUT2D eigenvalue weighted by atomic mass is 16.2. The minimum Gasteiger partial charge on any atom is -0.363 e. The standard InChI is InChI=1S/C17H27N5O2/c1-12(23)21(5)11-14-10-16(20(3)4)19-17(18-14)15-8-6-7-9-22(15)13(2)24/h10,15H,6-9,11H2,1-5H3. The van der Waals surface area contributed by atoms with Gasteiger partial charge >= 0.3 is 0 Å². The van der Waals surface area contributed by atoms with Crippen molar-refractivity contribution in [2.24, 2.45) is 0 Å². The maximum absolute atomic E-state index is 12.0. The lowest BCUT2D eigenvalue weighted by atomic mass is 10.0. The number of hydrogen-bond donors (Lipinski definition) is 0. The van der Waals surface area contributed by atoms with Crippen molar-refractivity contribution in [3.8, 4) is 0 Å². The van der Waals surface area contributed by atoms with Crippen molar-refractivity contribution >= 4 is 17.6 Å². The summed E-state index contributed by atoms with van der Waals surface area (Å²) in [5, 5.41) is 0. The van der Waals surface area contributed by atoms with Crippen LogP contribution < -0.4 is 4.90 Å². The average Bonchev–Trinajstić information content (AvgIpc) is 2.54. The molecule has 132 valence electrons. The molecule has 2 rings (SSSR count). The molecule has 2 amide bonds. The summed E-state index contributed by atoms with van der Waals surface area (Å²) in [7, 11) is 5.60. The first-order chi connectivity index (χ1) is 11.3. The monoisotopic (exact) mass is 333 g/mol. The van der Waals surface area contributed by atoms with Gasteiger partial charge < -0.3 is 14.7 Å². The Morgan fingerprint density at radius 1 is 1.21 bits per heavy atom. The van der Waals surface area contributed by atoms with E-state index in [0.717, 1.165) is 37.3 Å². The fraction of sp³-hybridized carbons (Fsp3) is 0.647. The van der Waals surface area contributed by atoms with E-state index < -0.39 is 0 Å². The van der Waals surface area contributed by atoms with Crippen molar-refractivity contribution in [2.45, 2.75) is 45.7 Å². The second kappa shape index (κ2) is 7.59. The van der Waals surface area contributed by atoms with Crippen LogP contribution in [0.5, 0.6) is 0 Å². The maximum atomic E-state index is 12.0. The Kier molecular flexibility index (Phi) is 5.75. The third kappa shape index (κ3) is 4.21. The fourth-order valence-electron chi connectivity index (χ4n) is 2.89. The first-order valence-corrected chi connectivity index (χ1v) is 8.33. The molecule has 24 heavy (non-hydrogen) atoms. The number of hydrogen-bond acceptors (Lipinski definition) is 5. The molecule has 0 spiro atoms. The SMILES string of the molecule is CC(=O)N(C)Cc1cc(N(C)C)nc(C2CCCCN2C(C)=O)n1. The topological polar surface area (TPSA) is 69.6 Å². The number of carbonyl (C=O) groups excluding carboxylic acids is 2. The first kappa shape index (κ1) is 18.2. The van der Waals surface area contributed by atoms with Crippen molar-refractivity contribution in [1.82, 2.24) is 19.8 Å². The number of piperidine rings is 1. The highest BCUT2D eigenvalue weighted by Gasteiger charge is 2.29. The highest BCUT2D eigenvalue weighted by Crippen LogP contribution is 2.30. The summed E-state index contributed by atoms with van der Waals surface area (Å²) in [6.07, 6.45) is 2.95. The van der Waals surface area contributed by atoms with Gasteiger partial charge in [-0.3, -0.25) is 9.59 Å². The van der Waals surface area contributed by atoms with Crippen LogP contribution in [-0.2, 0) is 16.1 Å². The summed E-state index contributed by atoms with van der Waals surface area (Å²) >= 11 is 0. The number of nitrogens with zero attached hydrogens (tertiary/aromatic N) is 5. The fourth-order valence-corrected chi connectivity index (χ4v) is 2.89. The molecule has 1 aliphatic rings. The molecule has 7 nitrogen and oxygen atoms in total. The van der Waals surface area contributed by atoms with Crippen LogP contribution in [0, 0.1) is 0 Å². The van der Waals surface area contributed by atoms with Crippen LogP contribution in [0.2, 0.25) is 0 Å². The summed E-state index contributed by atoms with van der Waals surface area (Å²) in [5.41, 5.74) is 0.787. The molecule has 1 unspecified atom stereocenters. The zero-order chi connectivity index (χ0) is 17.9. The summed E-state index contributed by atoms with van der Waals surface area (Å²) < 4.78 is 0. The van der Waals surface area contributed by atoms with Crippen LogP contribution in [0.4, 0.5) is 5.82 Å². The lowest BCUT2D eigenvalue weighted by Gasteiger charge is -2.34. The van der Waals surface area contributed by atoms with Gasteiger partial charge in [-0.15, -0.1) is 0 Å². The Labute approximate surface area is 143 Å². The number of likely N-dealkylation sites (tertiary alicyclic amines) is 1. The van der Waals surface area contributed by atoms with Gasteiger partial charge in [-0.25, -0.2) is 9.97 Å². The van der Waals surface area contributed by atoms with Crippen molar-refractivity contribution in [3.05, 3.63) is 17.6 Å². The molecule has 1 fully saturated rings. The van der Waals surface area contributed by atoms with Gasteiger partial charge in [-0.1, -0.05) is 0 Å². The van der Waals surface area contributed by atoms with E-state index in [1.54, 1.807) is 18.9 Å². The second-order valence-electron chi connectivity index (χ2n) is 6.57. The van der Waals surface area contributed by atoms with Gasteiger partial charge in [-0.05, 0) is 19.3 Å². The maximum Gasteiger partial charge on any atom is 0.220 e. The van der Waals surface area contributed by atoms with E-state index in [4.69, 9.17) is 0 Å². The van der Waals surface area contributed by atoms with Crippen LogP contribution in [0.1, 0.15) is 50.7 Å². The van der Waals surface area contributed by atoms with E-state index in [1.807, 2.05) is 30.0 Å². The lowest BCUT2D eigenvalue weighted by Crippen LogP contribution is -2.38. The Balaban J connectivity index is 2.38. The van der Waals surface area contributed by atoms with Crippen LogP contribution in [0.15, 0.2) is 6.07 Å². The third-order valence-electron chi connectivity index (χ3n) is 4.38. The summed E-state index contributed by atoms with van der Waals surface area (Å²) in [5.74, 6) is 1.51. The second-order valence-corrected chi connectivity index (χ2v) is 6.57. The van der Waals surface area contributed by atoms with Gasteiger partial charge in [0.15, 0.2) is 5.82 Å². The molecule has 0 N–H and O–H groups in total. The molecule has 0 radical (unpaired) electrons. The molecule has 0 aromatic carbocycles. The van der Waals surface area contributed by atoms with E-state index >= 15 is 0 Å². The Morgan fingerprint density at radius 2 is 1.92 bits per heavy atom. The molecule has 1 aromatic rings. The molecule has 1 atom stereocenters. The minimum absolute atomic E-state index is 0.00964. The van der Waals surface area contributed by atoms with Gasteiger partial charge in [0.1, 0.15) is 5.82 Å². The molecule has 0 saturated carbocycles. The van der Waals surface area contributed by atoms with Crippen molar-refractivity contribution in [2.75, 3.05) is 32.6 Å². The largest absolute Gasteiger partial charge is 0.363 e. The van der Waals surface area contributed by atoms with Gasteiger partial charge in [0.2, 0.25) is 11.8 Å². The minimum atomic E-state index is -0.0856.